The van der Waals surface area contributed by atoms with Gasteiger partial charge in [-0.3, -0.25) is 4.98 Å². The number of rotatable bonds is 5. The molecule has 0 spiro atoms. The molecule has 1 nitrogen and oxygen atoms in total. The van der Waals surface area contributed by atoms with E-state index in [9.17, 15) is 0 Å². The van der Waals surface area contributed by atoms with Crippen molar-refractivity contribution in [3.8, 4) is 0 Å². The van der Waals surface area contributed by atoms with Gasteiger partial charge < -0.3 is 0 Å². The zero-order valence-electron chi connectivity index (χ0n) is 8.91. The maximum atomic E-state index is 4.33. The van der Waals surface area contributed by atoms with Crippen LogP contribution in [-0.2, 0) is 6.42 Å². The average Bonchev–Trinajstić information content (AvgIpc) is 2.19. The predicted octanol–water partition coefficient (Wildman–Crippen LogP) is 3.82. The normalized spacial score (nSPS) is 15.1. The van der Waals surface area contributed by atoms with Crippen molar-refractivity contribution in [3.05, 3.63) is 30.1 Å². The van der Waals surface area contributed by atoms with Crippen molar-refractivity contribution in [2.24, 2.45) is 5.92 Å². The highest BCUT2D eigenvalue weighted by Gasteiger charge is 2.13. The number of nitrogens with zero attached hydrogens (tertiary/aromatic N) is 1. The van der Waals surface area contributed by atoms with Gasteiger partial charge in [0.15, 0.2) is 0 Å². The summed E-state index contributed by atoms with van der Waals surface area (Å²) in [6.07, 6.45) is 5.43. The Labute approximate surface area is 95.1 Å². The molecule has 0 aliphatic rings. The summed E-state index contributed by atoms with van der Waals surface area (Å²) in [4.78, 5) is 4.88. The van der Waals surface area contributed by atoms with E-state index in [1.807, 2.05) is 18.3 Å². The third-order valence-corrected chi connectivity index (χ3v) is 3.72. The number of aromatic nitrogens is 1. The van der Waals surface area contributed by atoms with Crippen LogP contribution in [0, 0.1) is 5.92 Å². The molecular formula is C12H18BrN. The van der Waals surface area contributed by atoms with Gasteiger partial charge in [0.05, 0.1) is 0 Å². The lowest BCUT2D eigenvalue weighted by Gasteiger charge is -2.16. The van der Waals surface area contributed by atoms with Crippen molar-refractivity contribution in [1.29, 1.82) is 0 Å². The first-order valence-corrected chi connectivity index (χ1v) is 6.19. The lowest BCUT2D eigenvalue weighted by atomic mass is 9.99. The Morgan fingerprint density at radius 3 is 2.79 bits per heavy atom. The van der Waals surface area contributed by atoms with E-state index < -0.39 is 0 Å². The van der Waals surface area contributed by atoms with Crippen LogP contribution >= 0.6 is 15.9 Å². The minimum Gasteiger partial charge on any atom is -0.261 e. The van der Waals surface area contributed by atoms with E-state index in [1.54, 1.807) is 0 Å². The van der Waals surface area contributed by atoms with Crippen molar-refractivity contribution < 1.29 is 0 Å². The number of hydrogen-bond donors (Lipinski definition) is 0. The van der Waals surface area contributed by atoms with E-state index in [1.165, 1.54) is 18.5 Å². The Balaban J connectivity index is 2.44. The van der Waals surface area contributed by atoms with Gasteiger partial charge in [-0.05, 0) is 24.5 Å². The van der Waals surface area contributed by atoms with Gasteiger partial charge in [-0.25, -0.2) is 0 Å². The van der Waals surface area contributed by atoms with Crippen molar-refractivity contribution in [3.63, 3.8) is 0 Å². The summed E-state index contributed by atoms with van der Waals surface area (Å²) in [5, 5.41) is 0. The Morgan fingerprint density at radius 2 is 2.21 bits per heavy atom. The van der Waals surface area contributed by atoms with E-state index in [0.717, 1.165) is 12.3 Å². The molecule has 0 saturated heterocycles. The smallest absolute Gasteiger partial charge is 0.0414 e. The first-order chi connectivity index (χ1) is 6.74. The quantitative estimate of drug-likeness (QED) is 0.730. The second-order valence-electron chi connectivity index (χ2n) is 3.81. The zero-order chi connectivity index (χ0) is 10.4. The largest absolute Gasteiger partial charge is 0.261 e. The van der Waals surface area contributed by atoms with E-state index in [0.29, 0.717) is 4.83 Å². The summed E-state index contributed by atoms with van der Waals surface area (Å²) in [5.41, 5.74) is 1.18. The fourth-order valence-electron chi connectivity index (χ4n) is 1.56. The first kappa shape index (κ1) is 11.7. The van der Waals surface area contributed by atoms with E-state index in [4.69, 9.17) is 0 Å². The highest BCUT2D eigenvalue weighted by molar-refractivity contribution is 9.09. The minimum absolute atomic E-state index is 0.553. The second-order valence-corrected chi connectivity index (χ2v) is 4.98. The van der Waals surface area contributed by atoms with Crippen molar-refractivity contribution in [2.45, 2.75) is 37.9 Å². The molecule has 0 amide bonds. The molecule has 0 N–H and O–H groups in total. The Hall–Kier alpha value is -0.370. The first-order valence-electron chi connectivity index (χ1n) is 5.28. The molecule has 14 heavy (non-hydrogen) atoms. The summed E-state index contributed by atoms with van der Waals surface area (Å²) in [5.74, 6) is 0.724. The molecule has 1 rings (SSSR count). The van der Waals surface area contributed by atoms with Gasteiger partial charge in [0.2, 0.25) is 0 Å². The van der Waals surface area contributed by atoms with E-state index >= 15 is 0 Å². The zero-order valence-corrected chi connectivity index (χ0v) is 10.5. The number of halogens is 1. The van der Waals surface area contributed by atoms with Crippen LogP contribution in [0.25, 0.3) is 0 Å². The van der Waals surface area contributed by atoms with Crippen molar-refractivity contribution in [1.82, 2.24) is 4.98 Å². The van der Waals surface area contributed by atoms with Gasteiger partial charge in [0.1, 0.15) is 0 Å². The minimum atomic E-state index is 0.553. The van der Waals surface area contributed by atoms with Gasteiger partial charge in [0, 0.05) is 23.1 Å². The van der Waals surface area contributed by atoms with E-state index in [2.05, 4.69) is 40.8 Å². The molecule has 0 saturated carbocycles. The van der Waals surface area contributed by atoms with Crippen molar-refractivity contribution >= 4 is 15.9 Å². The third-order valence-electron chi connectivity index (χ3n) is 2.49. The molecule has 2 unspecified atom stereocenters. The predicted molar refractivity (Wildman–Crippen MR) is 64.7 cm³/mol. The van der Waals surface area contributed by atoms with Crippen LogP contribution in [0.3, 0.4) is 0 Å². The van der Waals surface area contributed by atoms with Crippen LogP contribution in [0.4, 0.5) is 0 Å². The Bertz CT molecular complexity index is 248. The summed E-state index contributed by atoms with van der Waals surface area (Å²) >= 11 is 3.74. The van der Waals surface area contributed by atoms with Gasteiger partial charge in [-0.15, -0.1) is 0 Å². The molecule has 2 heteroatoms. The average molecular weight is 256 g/mol. The second kappa shape index (κ2) is 6.18. The molecule has 0 radical (unpaired) electrons. The van der Waals surface area contributed by atoms with E-state index in [-0.39, 0.29) is 0 Å². The van der Waals surface area contributed by atoms with Crippen LogP contribution < -0.4 is 0 Å². The fourth-order valence-corrected chi connectivity index (χ4v) is 2.15. The summed E-state index contributed by atoms with van der Waals surface area (Å²) in [6, 6.07) is 6.10. The topological polar surface area (TPSA) is 12.9 Å². The van der Waals surface area contributed by atoms with Crippen molar-refractivity contribution in [2.75, 3.05) is 0 Å². The number of alkyl halides is 1. The molecule has 1 aromatic heterocycles. The molecule has 1 aromatic rings. The van der Waals surface area contributed by atoms with Crippen LogP contribution in [-0.4, -0.2) is 9.81 Å². The maximum absolute atomic E-state index is 4.33. The summed E-state index contributed by atoms with van der Waals surface area (Å²) in [7, 11) is 0. The lowest BCUT2D eigenvalue weighted by Crippen LogP contribution is -2.14. The Kier molecular flexibility index (Phi) is 5.16. The molecule has 0 bridgehead atoms. The lowest BCUT2D eigenvalue weighted by molar-refractivity contribution is 0.503. The molecular weight excluding hydrogens is 238 g/mol. The molecule has 0 fully saturated rings. The summed E-state index contributed by atoms with van der Waals surface area (Å²) in [6.45, 7) is 4.53. The van der Waals surface area contributed by atoms with Gasteiger partial charge >= 0.3 is 0 Å². The van der Waals surface area contributed by atoms with Crippen LogP contribution in [0.15, 0.2) is 24.4 Å². The standard InChI is InChI=1S/C12H18BrN/c1-3-6-10(2)12(13)9-11-7-4-5-8-14-11/h4-5,7-8,10,12H,3,6,9H2,1-2H3. The highest BCUT2D eigenvalue weighted by Crippen LogP contribution is 2.21. The van der Waals surface area contributed by atoms with Gasteiger partial charge in [0.25, 0.3) is 0 Å². The fraction of sp³-hybridized carbons (Fsp3) is 0.583. The molecule has 1 heterocycles. The van der Waals surface area contributed by atoms with Crippen LogP contribution in [0.1, 0.15) is 32.4 Å². The highest BCUT2D eigenvalue weighted by atomic mass is 79.9. The molecule has 0 aliphatic heterocycles. The number of pyridine rings is 1. The number of hydrogen-bond acceptors (Lipinski definition) is 1. The third kappa shape index (κ3) is 3.79. The monoisotopic (exact) mass is 255 g/mol. The summed E-state index contributed by atoms with van der Waals surface area (Å²) < 4.78 is 0. The van der Waals surface area contributed by atoms with Gasteiger partial charge in [-0.2, -0.15) is 0 Å². The van der Waals surface area contributed by atoms with Crippen LogP contribution in [0.5, 0.6) is 0 Å². The SMILES string of the molecule is CCCC(C)C(Br)Cc1ccccn1. The maximum Gasteiger partial charge on any atom is 0.0414 e. The molecule has 0 aromatic carbocycles. The molecule has 2 atom stereocenters. The Morgan fingerprint density at radius 1 is 1.43 bits per heavy atom. The molecule has 78 valence electrons. The molecule has 0 aliphatic carbocycles. The van der Waals surface area contributed by atoms with Gasteiger partial charge in [-0.1, -0.05) is 42.3 Å². The van der Waals surface area contributed by atoms with Crippen LogP contribution in [0.2, 0.25) is 0 Å².